The number of carbonyl (C=O) groups is 1. The van der Waals surface area contributed by atoms with Crippen molar-refractivity contribution in [1.29, 1.82) is 0 Å². The van der Waals surface area contributed by atoms with Crippen molar-refractivity contribution in [3.63, 3.8) is 0 Å². The summed E-state index contributed by atoms with van der Waals surface area (Å²) in [7, 11) is 0. The molecular weight excluding hydrogens is 378 g/mol. The van der Waals surface area contributed by atoms with Crippen molar-refractivity contribution in [3.05, 3.63) is 23.5 Å². The summed E-state index contributed by atoms with van der Waals surface area (Å²) in [4.78, 5) is 18.6. The lowest BCUT2D eigenvalue weighted by Crippen LogP contribution is -2.44. The molecule has 0 unspecified atom stereocenters. The summed E-state index contributed by atoms with van der Waals surface area (Å²) in [6.45, 7) is 4.48. The van der Waals surface area contributed by atoms with E-state index in [2.05, 4.69) is 16.8 Å². The zero-order valence-electron chi connectivity index (χ0n) is 16.8. The number of likely N-dealkylation sites (tertiary alicyclic amines) is 1. The van der Waals surface area contributed by atoms with E-state index in [1.165, 1.54) is 18.7 Å². The van der Waals surface area contributed by atoms with Crippen molar-refractivity contribution in [2.75, 3.05) is 19.8 Å². The number of hydrogen-bond acceptors (Lipinski definition) is 4. The predicted molar refractivity (Wildman–Crippen MR) is 103 cm³/mol. The van der Waals surface area contributed by atoms with Crippen molar-refractivity contribution >= 4 is 5.91 Å². The van der Waals surface area contributed by atoms with Crippen LogP contribution in [0.3, 0.4) is 0 Å². The monoisotopic (exact) mass is 404 g/mol. The third-order valence-corrected chi connectivity index (χ3v) is 6.14. The lowest BCUT2D eigenvalue weighted by molar-refractivity contribution is -0.149. The number of alkyl halides is 2. The smallest absolute Gasteiger partial charge is 0.252 e. The van der Waals surface area contributed by atoms with E-state index < -0.39 is 17.7 Å². The molecule has 5 nitrogen and oxygen atoms in total. The first-order chi connectivity index (χ1) is 13.9. The van der Waals surface area contributed by atoms with Gasteiger partial charge >= 0.3 is 0 Å². The van der Waals surface area contributed by atoms with Gasteiger partial charge in [0.05, 0.1) is 18.2 Å². The van der Waals surface area contributed by atoms with Crippen LogP contribution in [-0.2, 0) is 9.53 Å². The minimum absolute atomic E-state index is 0.205. The van der Waals surface area contributed by atoms with Crippen LogP contribution in [-0.4, -0.2) is 48.1 Å². The van der Waals surface area contributed by atoms with E-state index >= 15 is 0 Å². The van der Waals surface area contributed by atoms with E-state index in [1.54, 1.807) is 12.4 Å². The van der Waals surface area contributed by atoms with Crippen LogP contribution in [0.5, 0.6) is 5.75 Å². The third kappa shape index (κ3) is 3.83. The molecule has 0 saturated carbocycles. The van der Waals surface area contributed by atoms with Gasteiger partial charge in [0, 0.05) is 44.0 Å². The second-order valence-corrected chi connectivity index (χ2v) is 8.64. The number of rotatable bonds is 3. The second-order valence-electron chi connectivity index (χ2n) is 8.64. The van der Waals surface area contributed by atoms with Crippen molar-refractivity contribution in [3.8, 4) is 17.6 Å². The topological polar surface area (TPSA) is 51.7 Å². The highest BCUT2D eigenvalue weighted by Crippen LogP contribution is 2.46. The quantitative estimate of drug-likeness (QED) is 0.723. The molecule has 0 spiro atoms. The Balaban J connectivity index is 1.56. The summed E-state index contributed by atoms with van der Waals surface area (Å²) in [6.07, 6.45) is 3.86. The summed E-state index contributed by atoms with van der Waals surface area (Å²) in [5, 5.41) is 0. The van der Waals surface area contributed by atoms with Gasteiger partial charge in [-0.15, -0.1) is 0 Å². The van der Waals surface area contributed by atoms with Crippen LogP contribution in [0.2, 0.25) is 0 Å². The average molecular weight is 404 g/mol. The minimum atomic E-state index is -2.73. The Bertz CT molecular complexity index is 840. The molecule has 2 saturated heterocycles. The summed E-state index contributed by atoms with van der Waals surface area (Å²) in [5.74, 6) is 7.06. The molecule has 3 aliphatic heterocycles. The van der Waals surface area contributed by atoms with Gasteiger partial charge in [0.15, 0.2) is 0 Å². The van der Waals surface area contributed by atoms with Gasteiger partial charge in [-0.1, -0.05) is 11.8 Å². The number of carbonyl (C=O) groups excluding carboxylic acids is 1. The van der Waals surface area contributed by atoms with Crippen LogP contribution in [0.1, 0.15) is 56.7 Å². The van der Waals surface area contributed by atoms with Gasteiger partial charge in [-0.2, -0.15) is 0 Å². The maximum Gasteiger partial charge on any atom is 0.252 e. The van der Waals surface area contributed by atoms with Gasteiger partial charge in [0.1, 0.15) is 17.3 Å². The Morgan fingerprint density at radius 1 is 1.34 bits per heavy atom. The van der Waals surface area contributed by atoms with Crippen molar-refractivity contribution in [2.45, 2.75) is 58.1 Å². The number of ether oxygens (including phenoxy) is 2. The average Bonchev–Trinajstić information content (AvgIpc) is 3.06. The highest BCUT2D eigenvalue weighted by molar-refractivity contribution is 5.83. The first-order valence-electron chi connectivity index (χ1n) is 10.2. The van der Waals surface area contributed by atoms with Gasteiger partial charge in [-0.25, -0.2) is 8.78 Å². The number of amides is 1. The molecule has 156 valence electrons. The number of fused-ring (bicyclic) bond motifs is 4. The lowest BCUT2D eigenvalue weighted by atomic mass is 9.91. The highest BCUT2D eigenvalue weighted by Gasteiger charge is 2.49. The summed E-state index contributed by atoms with van der Waals surface area (Å²) in [6, 6.07) is -0.293. The van der Waals surface area contributed by atoms with Crippen LogP contribution in [0.4, 0.5) is 8.78 Å². The molecule has 29 heavy (non-hydrogen) atoms. The summed E-state index contributed by atoms with van der Waals surface area (Å²) in [5.41, 5.74) is -0.270. The highest BCUT2D eigenvalue weighted by atomic mass is 19.3. The van der Waals surface area contributed by atoms with Crippen LogP contribution in [0, 0.1) is 23.2 Å². The molecule has 1 amide bonds. The van der Waals surface area contributed by atoms with Crippen LogP contribution in [0.15, 0.2) is 12.4 Å². The third-order valence-electron chi connectivity index (χ3n) is 6.14. The van der Waals surface area contributed by atoms with Crippen LogP contribution < -0.4 is 4.74 Å². The Morgan fingerprint density at radius 2 is 2.10 bits per heavy atom. The molecule has 0 aromatic carbocycles. The van der Waals surface area contributed by atoms with Gasteiger partial charge in [0.2, 0.25) is 5.91 Å². The largest absolute Gasteiger partial charge is 0.487 e. The molecule has 0 aliphatic carbocycles. The predicted octanol–water partition coefficient (Wildman–Crippen LogP) is 3.58. The number of aromatic nitrogens is 1. The Hall–Kier alpha value is -2.20. The first kappa shape index (κ1) is 20.1. The number of hydrogen-bond donors (Lipinski definition) is 0. The maximum absolute atomic E-state index is 13.4. The molecule has 0 N–H and O–H groups in total. The number of pyridine rings is 1. The zero-order chi connectivity index (χ0) is 20.6. The molecule has 1 aromatic heterocycles. The van der Waals surface area contributed by atoms with E-state index in [9.17, 15) is 13.6 Å². The molecule has 2 fully saturated rings. The molecule has 7 heteroatoms. The Kier molecular flexibility index (Phi) is 5.48. The number of halogens is 2. The van der Waals surface area contributed by atoms with Gasteiger partial charge in [0.25, 0.3) is 6.43 Å². The molecule has 2 atom stereocenters. The summed E-state index contributed by atoms with van der Waals surface area (Å²) >= 11 is 0. The normalized spacial score (nSPS) is 24.0. The first-order valence-corrected chi connectivity index (χ1v) is 10.2. The molecule has 2 bridgehead atoms. The standard InChI is InChI=1S/C22H26F2N2O3/c1-22(2,20(23)24)21(27)26-13-16-10-18(26)17-12-25-11-15(19(17)29-16)5-3-4-14-6-8-28-9-7-14/h11-12,14,16,18,20H,4,6-10,13H2,1-2H3/t16-,18-/m0/s1. The fraction of sp³-hybridized carbons (Fsp3) is 0.636. The van der Waals surface area contributed by atoms with Crippen molar-refractivity contribution in [2.24, 2.45) is 11.3 Å². The Labute approximate surface area is 169 Å². The molecule has 4 heterocycles. The minimum Gasteiger partial charge on any atom is -0.487 e. The lowest BCUT2D eigenvalue weighted by Gasteiger charge is -2.32. The van der Waals surface area contributed by atoms with Gasteiger partial charge < -0.3 is 14.4 Å². The van der Waals surface area contributed by atoms with E-state index in [0.29, 0.717) is 30.2 Å². The van der Waals surface area contributed by atoms with Crippen molar-refractivity contribution in [1.82, 2.24) is 9.88 Å². The van der Waals surface area contributed by atoms with E-state index in [-0.39, 0.29) is 12.1 Å². The van der Waals surface area contributed by atoms with E-state index in [1.807, 2.05) is 0 Å². The fourth-order valence-electron chi connectivity index (χ4n) is 4.20. The van der Waals surface area contributed by atoms with E-state index in [4.69, 9.17) is 9.47 Å². The molecule has 0 radical (unpaired) electrons. The van der Waals surface area contributed by atoms with Crippen LogP contribution >= 0.6 is 0 Å². The molecular formula is C22H26F2N2O3. The summed E-state index contributed by atoms with van der Waals surface area (Å²) < 4.78 is 38.3. The fourth-order valence-corrected chi connectivity index (χ4v) is 4.20. The number of nitrogens with zero attached hydrogens (tertiary/aromatic N) is 2. The van der Waals surface area contributed by atoms with Gasteiger partial charge in [-0.3, -0.25) is 9.78 Å². The van der Waals surface area contributed by atoms with Crippen molar-refractivity contribution < 1.29 is 23.0 Å². The van der Waals surface area contributed by atoms with Gasteiger partial charge in [-0.05, 0) is 32.6 Å². The zero-order valence-corrected chi connectivity index (χ0v) is 16.8. The SMILES string of the molecule is CC(C)(C(=O)N1C[C@@H]2C[C@H]1c1cncc(C#CCC3CCOCC3)c1O2)C(F)F. The van der Waals surface area contributed by atoms with E-state index in [0.717, 1.165) is 38.0 Å². The molecule has 3 aliphatic rings. The maximum atomic E-state index is 13.4. The molecule has 1 aromatic rings. The Morgan fingerprint density at radius 3 is 2.83 bits per heavy atom. The molecule has 4 rings (SSSR count). The second kappa shape index (κ2) is 7.91. The van der Waals surface area contributed by atoms with Crippen LogP contribution in [0.25, 0.3) is 0 Å².